The van der Waals surface area contributed by atoms with Crippen molar-refractivity contribution < 1.29 is 28.6 Å². The molecule has 0 saturated heterocycles. The van der Waals surface area contributed by atoms with E-state index in [9.17, 15) is 14.4 Å². The molecule has 0 aliphatic rings. The van der Waals surface area contributed by atoms with Crippen LogP contribution >= 0.6 is 0 Å². The summed E-state index contributed by atoms with van der Waals surface area (Å²) in [4.78, 5) is 38.1. The van der Waals surface area contributed by atoms with E-state index in [1.165, 1.54) is 270 Å². The van der Waals surface area contributed by atoms with Gasteiger partial charge in [-0.1, -0.05) is 371 Å². The van der Waals surface area contributed by atoms with Crippen LogP contribution in [0.15, 0.2) is 48.6 Å². The smallest absolute Gasteiger partial charge is 0.306 e. The second-order valence-corrected chi connectivity index (χ2v) is 24.8. The lowest BCUT2D eigenvalue weighted by Gasteiger charge is -2.18. The largest absolute Gasteiger partial charge is 0.462 e. The van der Waals surface area contributed by atoms with Gasteiger partial charge in [-0.2, -0.15) is 0 Å². The molecule has 0 spiro atoms. The van der Waals surface area contributed by atoms with Gasteiger partial charge in [0.2, 0.25) is 0 Å². The Hall–Kier alpha value is -2.63. The van der Waals surface area contributed by atoms with Gasteiger partial charge < -0.3 is 14.2 Å². The fourth-order valence-corrected chi connectivity index (χ4v) is 11.1. The zero-order valence-electron chi connectivity index (χ0n) is 55.3. The summed E-state index contributed by atoms with van der Waals surface area (Å²) in [5, 5.41) is 0. The highest BCUT2D eigenvalue weighted by atomic mass is 16.6. The second kappa shape index (κ2) is 70.9. The molecular formula is C76H140O6. The van der Waals surface area contributed by atoms with Crippen molar-refractivity contribution in [3.63, 3.8) is 0 Å². The van der Waals surface area contributed by atoms with Gasteiger partial charge in [-0.3, -0.25) is 14.4 Å². The van der Waals surface area contributed by atoms with Crippen molar-refractivity contribution in [3.8, 4) is 0 Å². The number of carbonyl (C=O) groups excluding carboxylic acids is 3. The first-order valence-corrected chi connectivity index (χ1v) is 36.6. The van der Waals surface area contributed by atoms with E-state index in [0.29, 0.717) is 19.3 Å². The van der Waals surface area contributed by atoms with Gasteiger partial charge in [0.15, 0.2) is 6.10 Å². The van der Waals surface area contributed by atoms with Crippen LogP contribution in [0.4, 0.5) is 0 Å². The number of rotatable bonds is 68. The number of unbranched alkanes of at least 4 members (excludes halogenated alkanes) is 49. The number of esters is 3. The first kappa shape index (κ1) is 79.4. The highest BCUT2D eigenvalue weighted by Gasteiger charge is 2.19. The van der Waals surface area contributed by atoms with Crippen LogP contribution in [0.25, 0.3) is 0 Å². The van der Waals surface area contributed by atoms with Crippen LogP contribution in [0.3, 0.4) is 0 Å². The summed E-state index contributed by atoms with van der Waals surface area (Å²) >= 11 is 0. The summed E-state index contributed by atoms with van der Waals surface area (Å²) in [5.41, 5.74) is 0. The molecule has 6 nitrogen and oxygen atoms in total. The zero-order chi connectivity index (χ0) is 59.2. The Kier molecular flexibility index (Phi) is 68.6. The normalized spacial score (nSPS) is 12.3. The molecule has 0 aliphatic carbocycles. The number of allylic oxidation sites excluding steroid dienone is 8. The van der Waals surface area contributed by atoms with E-state index < -0.39 is 6.10 Å². The van der Waals surface area contributed by atoms with Gasteiger partial charge in [-0.15, -0.1) is 0 Å². The molecule has 0 rings (SSSR count). The summed E-state index contributed by atoms with van der Waals surface area (Å²) in [6.45, 7) is 6.52. The molecule has 0 saturated carbocycles. The molecule has 0 bridgehead atoms. The molecule has 480 valence electrons. The number of hydrogen-bond acceptors (Lipinski definition) is 6. The van der Waals surface area contributed by atoms with Crippen molar-refractivity contribution in [2.45, 2.75) is 406 Å². The van der Waals surface area contributed by atoms with Crippen molar-refractivity contribution in [2.24, 2.45) is 0 Å². The van der Waals surface area contributed by atoms with Crippen molar-refractivity contribution in [2.75, 3.05) is 13.2 Å². The maximum absolute atomic E-state index is 12.9. The van der Waals surface area contributed by atoms with Crippen molar-refractivity contribution in [1.29, 1.82) is 0 Å². The maximum Gasteiger partial charge on any atom is 0.306 e. The quantitative estimate of drug-likeness (QED) is 0.0261. The minimum atomic E-state index is -0.767. The monoisotopic (exact) mass is 1150 g/mol. The molecule has 0 aromatic heterocycles. The van der Waals surface area contributed by atoms with E-state index in [4.69, 9.17) is 14.2 Å². The molecule has 82 heavy (non-hydrogen) atoms. The van der Waals surface area contributed by atoms with E-state index in [0.717, 1.165) is 89.9 Å². The summed E-state index contributed by atoms with van der Waals surface area (Å²) in [6.07, 6.45) is 90.8. The van der Waals surface area contributed by atoms with E-state index in [1.54, 1.807) is 0 Å². The minimum absolute atomic E-state index is 0.0673. The van der Waals surface area contributed by atoms with E-state index in [1.807, 2.05) is 0 Å². The number of ether oxygens (including phenoxy) is 3. The van der Waals surface area contributed by atoms with Crippen LogP contribution in [0, 0.1) is 0 Å². The Morgan fingerprint density at radius 2 is 0.476 bits per heavy atom. The molecule has 0 aromatic carbocycles. The van der Waals surface area contributed by atoms with Crippen LogP contribution in [-0.4, -0.2) is 37.2 Å². The molecule has 6 heteroatoms. The Morgan fingerprint density at radius 1 is 0.256 bits per heavy atom. The third-order valence-electron chi connectivity index (χ3n) is 16.6. The summed E-state index contributed by atoms with van der Waals surface area (Å²) in [6, 6.07) is 0. The molecule has 0 radical (unpaired) electrons. The lowest BCUT2D eigenvalue weighted by molar-refractivity contribution is -0.167. The summed E-state index contributed by atoms with van der Waals surface area (Å²) in [5.74, 6) is -0.856. The highest BCUT2D eigenvalue weighted by molar-refractivity contribution is 5.71. The average molecular weight is 1150 g/mol. The van der Waals surface area contributed by atoms with Gasteiger partial charge in [-0.05, 0) is 57.8 Å². The lowest BCUT2D eigenvalue weighted by atomic mass is 10.0. The molecule has 0 aromatic rings. The van der Waals surface area contributed by atoms with Crippen molar-refractivity contribution in [1.82, 2.24) is 0 Å². The average Bonchev–Trinajstić information content (AvgIpc) is 3.47. The van der Waals surface area contributed by atoms with Crippen LogP contribution < -0.4 is 0 Å². The van der Waals surface area contributed by atoms with Gasteiger partial charge in [0.05, 0.1) is 0 Å². The Bertz CT molecular complexity index is 1410. The molecule has 1 unspecified atom stereocenters. The zero-order valence-corrected chi connectivity index (χ0v) is 55.3. The predicted octanol–water partition coefficient (Wildman–Crippen LogP) is 25.3. The fourth-order valence-electron chi connectivity index (χ4n) is 11.1. The van der Waals surface area contributed by atoms with Gasteiger partial charge >= 0.3 is 17.9 Å². The Balaban J connectivity index is 3.90. The molecule has 1 atom stereocenters. The van der Waals surface area contributed by atoms with Crippen LogP contribution in [0.5, 0.6) is 0 Å². The van der Waals surface area contributed by atoms with Crippen LogP contribution in [0.1, 0.15) is 400 Å². The van der Waals surface area contributed by atoms with Gasteiger partial charge in [0.25, 0.3) is 0 Å². The van der Waals surface area contributed by atoms with Crippen molar-refractivity contribution >= 4 is 17.9 Å². The van der Waals surface area contributed by atoms with E-state index >= 15 is 0 Å². The molecule has 0 aliphatic heterocycles. The topological polar surface area (TPSA) is 78.9 Å². The molecule has 0 amide bonds. The van der Waals surface area contributed by atoms with Gasteiger partial charge in [0, 0.05) is 19.3 Å². The molecule has 0 fully saturated rings. The molecule has 0 heterocycles. The third-order valence-corrected chi connectivity index (χ3v) is 16.6. The second-order valence-electron chi connectivity index (χ2n) is 24.8. The van der Waals surface area contributed by atoms with E-state index in [-0.39, 0.29) is 31.1 Å². The Labute approximate surface area is 511 Å². The minimum Gasteiger partial charge on any atom is -0.462 e. The summed E-state index contributed by atoms with van der Waals surface area (Å²) in [7, 11) is 0. The predicted molar refractivity (Wildman–Crippen MR) is 358 cm³/mol. The molecule has 0 N–H and O–H groups in total. The van der Waals surface area contributed by atoms with Crippen LogP contribution in [-0.2, 0) is 28.6 Å². The van der Waals surface area contributed by atoms with Crippen molar-refractivity contribution in [3.05, 3.63) is 48.6 Å². The SMILES string of the molecule is CC/C=C\C/C=C\C/C=C\C/C=C\CCCCCCCCCCCCCCCCCCC(=O)OC(COC(=O)CCCCCCC)COC(=O)CCCCCCCCCCCCCCCCCCCCCCCCCCCCCCCC. The van der Waals surface area contributed by atoms with Crippen LogP contribution in [0.2, 0.25) is 0 Å². The van der Waals surface area contributed by atoms with Gasteiger partial charge in [0.1, 0.15) is 13.2 Å². The molecular weight excluding hydrogens is 1010 g/mol. The standard InChI is InChI=1S/C76H140O6/c1-4-7-10-13-15-17-19-21-23-25-27-29-31-33-35-37-39-40-42-44-46-48-50-52-54-56-58-60-63-66-69-75(78)81-72-73(71-80-74(77)68-65-62-12-9-6-3)82-76(79)70-67-64-61-59-57-55-53-51-49-47-45-43-41-38-36-34-32-30-28-26-24-22-20-18-16-14-11-8-5-2/h8,11,16,18,22,24,28,30,73H,4-7,9-10,12-15,17,19-21,23,25-27,29,31-72H2,1-3H3/b11-8-,18-16-,24-22-,30-28-. The Morgan fingerprint density at radius 3 is 0.744 bits per heavy atom. The number of hydrogen-bond donors (Lipinski definition) is 0. The first-order valence-electron chi connectivity index (χ1n) is 36.6. The van der Waals surface area contributed by atoms with Gasteiger partial charge in [-0.25, -0.2) is 0 Å². The fraction of sp³-hybridized carbons (Fsp3) is 0.855. The number of carbonyl (C=O) groups is 3. The first-order chi connectivity index (χ1) is 40.5. The van der Waals surface area contributed by atoms with E-state index in [2.05, 4.69) is 69.4 Å². The highest BCUT2D eigenvalue weighted by Crippen LogP contribution is 2.19. The summed E-state index contributed by atoms with van der Waals surface area (Å²) < 4.78 is 16.8. The maximum atomic E-state index is 12.9. The third kappa shape index (κ3) is 68.2. The lowest BCUT2D eigenvalue weighted by Crippen LogP contribution is -2.30.